The first kappa shape index (κ1) is 15.9. The van der Waals surface area contributed by atoms with E-state index < -0.39 is 6.10 Å². The van der Waals surface area contributed by atoms with Crippen molar-refractivity contribution in [3.8, 4) is 5.75 Å². The number of benzene rings is 2. The lowest BCUT2D eigenvalue weighted by atomic mass is 10.0. The van der Waals surface area contributed by atoms with Crippen LogP contribution in [0.5, 0.6) is 5.75 Å². The van der Waals surface area contributed by atoms with E-state index in [0.717, 1.165) is 16.8 Å². The predicted octanol–water partition coefficient (Wildman–Crippen LogP) is 3.60. The number of hydrogen-bond acceptors (Lipinski definition) is 3. The molecule has 22 heavy (non-hydrogen) atoms. The number of rotatable bonds is 4. The monoisotopic (exact) mass is 298 g/mol. The lowest BCUT2D eigenvalue weighted by Gasteiger charge is -2.17. The maximum atomic E-state index is 12.3. The third-order valence-corrected chi connectivity index (χ3v) is 3.49. The maximum Gasteiger partial charge on any atom is 0.265 e. The molecule has 0 radical (unpaired) electrons. The number of carbonyl (C=O) groups excluding carboxylic acids is 1. The van der Waals surface area contributed by atoms with Crippen LogP contribution >= 0.6 is 0 Å². The zero-order valence-electron chi connectivity index (χ0n) is 13.4. The Balaban J connectivity index is 2.07. The smallest absolute Gasteiger partial charge is 0.265 e. The van der Waals surface area contributed by atoms with Gasteiger partial charge in [0.05, 0.1) is 0 Å². The van der Waals surface area contributed by atoms with Gasteiger partial charge in [-0.2, -0.15) is 0 Å². The largest absolute Gasteiger partial charge is 0.481 e. The molecule has 0 fully saturated rings. The molecule has 2 aromatic carbocycles. The van der Waals surface area contributed by atoms with E-state index in [-0.39, 0.29) is 5.91 Å². The second-order valence-electron chi connectivity index (χ2n) is 5.59. The Morgan fingerprint density at radius 2 is 1.64 bits per heavy atom. The highest BCUT2D eigenvalue weighted by Gasteiger charge is 2.16. The Hall–Kier alpha value is -2.49. The topological polar surface area (TPSA) is 64.3 Å². The third kappa shape index (κ3) is 3.79. The Morgan fingerprint density at radius 3 is 2.18 bits per heavy atom. The number of carbonyl (C=O) groups is 1. The molecular formula is C18H22N2O2. The zero-order chi connectivity index (χ0) is 16.3. The molecule has 0 aliphatic rings. The Labute approximate surface area is 131 Å². The van der Waals surface area contributed by atoms with Gasteiger partial charge in [0, 0.05) is 11.4 Å². The van der Waals surface area contributed by atoms with Gasteiger partial charge in [-0.05, 0) is 63.1 Å². The average Bonchev–Trinajstić information content (AvgIpc) is 2.45. The van der Waals surface area contributed by atoms with Gasteiger partial charge in [0.25, 0.3) is 5.91 Å². The summed E-state index contributed by atoms with van der Waals surface area (Å²) in [5.74, 6) is 0.445. The standard InChI is InChI=1S/C18H22N2O2/c1-11-9-12(2)17(13(3)10-11)20-18(21)14(4)22-16-7-5-15(19)6-8-16/h5-10,14H,19H2,1-4H3,(H,20,21). The van der Waals surface area contributed by atoms with Gasteiger partial charge in [-0.1, -0.05) is 17.7 Å². The molecule has 1 atom stereocenters. The van der Waals surface area contributed by atoms with E-state index in [1.165, 1.54) is 5.56 Å². The van der Waals surface area contributed by atoms with Gasteiger partial charge >= 0.3 is 0 Å². The van der Waals surface area contributed by atoms with Crippen LogP contribution in [0.25, 0.3) is 0 Å². The van der Waals surface area contributed by atoms with Crippen LogP contribution in [0.3, 0.4) is 0 Å². The van der Waals surface area contributed by atoms with E-state index in [2.05, 4.69) is 5.32 Å². The molecule has 0 bridgehead atoms. The van der Waals surface area contributed by atoms with Gasteiger partial charge in [-0.25, -0.2) is 0 Å². The molecule has 2 aromatic rings. The summed E-state index contributed by atoms with van der Waals surface area (Å²) in [5.41, 5.74) is 10.4. The number of nitrogens with two attached hydrogens (primary N) is 1. The van der Waals surface area contributed by atoms with E-state index in [9.17, 15) is 4.79 Å². The van der Waals surface area contributed by atoms with Crippen LogP contribution in [0.15, 0.2) is 36.4 Å². The highest BCUT2D eigenvalue weighted by Crippen LogP contribution is 2.22. The second-order valence-corrected chi connectivity index (χ2v) is 5.59. The lowest BCUT2D eigenvalue weighted by Crippen LogP contribution is -2.30. The van der Waals surface area contributed by atoms with Crippen LogP contribution in [-0.4, -0.2) is 12.0 Å². The first-order valence-corrected chi connectivity index (χ1v) is 7.27. The first-order chi connectivity index (χ1) is 10.4. The Bertz CT molecular complexity index is 655. The van der Waals surface area contributed by atoms with E-state index in [1.807, 2.05) is 32.9 Å². The molecule has 116 valence electrons. The SMILES string of the molecule is Cc1cc(C)c(NC(=O)C(C)Oc2ccc(N)cc2)c(C)c1. The summed E-state index contributed by atoms with van der Waals surface area (Å²) in [6.45, 7) is 7.74. The van der Waals surface area contributed by atoms with Crippen LogP contribution in [0.2, 0.25) is 0 Å². The van der Waals surface area contributed by atoms with Crippen molar-refractivity contribution < 1.29 is 9.53 Å². The molecule has 4 heteroatoms. The van der Waals surface area contributed by atoms with Gasteiger partial charge in [0.15, 0.2) is 6.10 Å². The van der Waals surface area contributed by atoms with Crippen molar-refractivity contribution in [2.75, 3.05) is 11.1 Å². The van der Waals surface area contributed by atoms with Crippen LogP contribution in [0, 0.1) is 20.8 Å². The number of anilines is 2. The molecule has 1 unspecified atom stereocenters. The second kappa shape index (κ2) is 6.52. The predicted molar refractivity (Wildman–Crippen MR) is 90.2 cm³/mol. The van der Waals surface area contributed by atoms with Gasteiger partial charge in [0.1, 0.15) is 5.75 Å². The number of amides is 1. The molecule has 2 rings (SSSR count). The number of aryl methyl sites for hydroxylation is 3. The first-order valence-electron chi connectivity index (χ1n) is 7.27. The van der Waals surface area contributed by atoms with Crippen LogP contribution < -0.4 is 15.8 Å². The molecule has 4 nitrogen and oxygen atoms in total. The van der Waals surface area contributed by atoms with Gasteiger partial charge < -0.3 is 15.8 Å². The molecule has 0 saturated heterocycles. The van der Waals surface area contributed by atoms with E-state index in [1.54, 1.807) is 31.2 Å². The van der Waals surface area contributed by atoms with E-state index in [4.69, 9.17) is 10.5 Å². The Kier molecular flexibility index (Phi) is 4.71. The summed E-state index contributed by atoms with van der Waals surface area (Å²) in [4.78, 5) is 12.3. The molecule has 3 N–H and O–H groups in total. The van der Waals surface area contributed by atoms with E-state index >= 15 is 0 Å². The summed E-state index contributed by atoms with van der Waals surface area (Å²) in [6.07, 6.45) is -0.594. The van der Waals surface area contributed by atoms with Crippen molar-refractivity contribution in [2.45, 2.75) is 33.8 Å². The van der Waals surface area contributed by atoms with Gasteiger partial charge in [-0.15, -0.1) is 0 Å². The number of ether oxygens (including phenoxy) is 1. The zero-order valence-corrected chi connectivity index (χ0v) is 13.4. The molecule has 1 amide bonds. The van der Waals surface area contributed by atoms with Crippen molar-refractivity contribution in [1.29, 1.82) is 0 Å². The highest BCUT2D eigenvalue weighted by atomic mass is 16.5. The maximum absolute atomic E-state index is 12.3. The number of nitrogens with one attached hydrogen (secondary N) is 1. The summed E-state index contributed by atoms with van der Waals surface area (Å²) in [6, 6.07) is 11.1. The minimum absolute atomic E-state index is 0.174. The highest BCUT2D eigenvalue weighted by molar-refractivity contribution is 5.95. The fraction of sp³-hybridized carbons (Fsp3) is 0.278. The minimum atomic E-state index is -0.594. The van der Waals surface area contributed by atoms with Crippen molar-refractivity contribution >= 4 is 17.3 Å². The van der Waals surface area contributed by atoms with Crippen molar-refractivity contribution in [3.63, 3.8) is 0 Å². The molecule has 0 spiro atoms. The van der Waals surface area contributed by atoms with Crippen LogP contribution in [0.1, 0.15) is 23.6 Å². The summed E-state index contributed by atoms with van der Waals surface area (Å²) in [5, 5.41) is 2.95. The fourth-order valence-electron chi connectivity index (χ4n) is 2.41. The van der Waals surface area contributed by atoms with E-state index in [0.29, 0.717) is 11.4 Å². The van der Waals surface area contributed by atoms with Gasteiger partial charge in [0.2, 0.25) is 0 Å². The van der Waals surface area contributed by atoms with Gasteiger partial charge in [-0.3, -0.25) is 4.79 Å². The van der Waals surface area contributed by atoms with Crippen molar-refractivity contribution in [3.05, 3.63) is 53.1 Å². The minimum Gasteiger partial charge on any atom is -0.481 e. The molecule has 0 aromatic heterocycles. The van der Waals surface area contributed by atoms with Crippen molar-refractivity contribution in [2.24, 2.45) is 0 Å². The third-order valence-electron chi connectivity index (χ3n) is 3.49. The summed E-state index contributed by atoms with van der Waals surface area (Å²) in [7, 11) is 0. The molecular weight excluding hydrogens is 276 g/mol. The quantitative estimate of drug-likeness (QED) is 0.848. The Morgan fingerprint density at radius 1 is 1.09 bits per heavy atom. The lowest BCUT2D eigenvalue weighted by molar-refractivity contribution is -0.122. The van der Waals surface area contributed by atoms with Crippen molar-refractivity contribution in [1.82, 2.24) is 0 Å². The fourth-order valence-corrected chi connectivity index (χ4v) is 2.41. The molecule has 0 aliphatic carbocycles. The average molecular weight is 298 g/mol. The van der Waals surface area contributed by atoms with Crippen LogP contribution in [0.4, 0.5) is 11.4 Å². The molecule has 0 heterocycles. The molecule has 0 aliphatic heterocycles. The normalized spacial score (nSPS) is 11.8. The number of hydrogen-bond donors (Lipinski definition) is 2. The molecule has 0 saturated carbocycles. The summed E-state index contributed by atoms with van der Waals surface area (Å²) >= 11 is 0. The number of nitrogen functional groups attached to an aromatic ring is 1. The summed E-state index contributed by atoms with van der Waals surface area (Å²) < 4.78 is 5.64. The van der Waals surface area contributed by atoms with Crippen LogP contribution in [-0.2, 0) is 4.79 Å².